The lowest BCUT2D eigenvalue weighted by Crippen LogP contribution is -2.36. The fourth-order valence-electron chi connectivity index (χ4n) is 3.20. The number of hydrogen-bond donors (Lipinski definition) is 2. The van der Waals surface area contributed by atoms with E-state index in [9.17, 15) is 9.18 Å². The Morgan fingerprint density at radius 2 is 2.12 bits per heavy atom. The third-order valence-corrected chi connectivity index (χ3v) is 4.75. The van der Waals surface area contributed by atoms with Crippen molar-refractivity contribution in [3.63, 3.8) is 0 Å². The topological polar surface area (TPSA) is 44.4 Å². The molecule has 0 aromatic heterocycles. The van der Waals surface area contributed by atoms with Gasteiger partial charge in [0.2, 0.25) is 0 Å². The second kappa shape index (κ2) is 7.66. The number of rotatable bonds is 4. The molecule has 0 saturated heterocycles. The summed E-state index contributed by atoms with van der Waals surface area (Å²) in [5, 5.41) is 6.07. The van der Waals surface area contributed by atoms with E-state index in [1.807, 2.05) is 19.2 Å². The van der Waals surface area contributed by atoms with Gasteiger partial charge in [0.05, 0.1) is 6.54 Å². The molecule has 4 nitrogen and oxygen atoms in total. The fourth-order valence-corrected chi connectivity index (χ4v) is 3.20. The number of urea groups is 1. The van der Waals surface area contributed by atoms with Gasteiger partial charge in [-0.3, -0.25) is 0 Å². The van der Waals surface area contributed by atoms with Crippen molar-refractivity contribution in [1.82, 2.24) is 15.5 Å². The highest BCUT2D eigenvalue weighted by atomic mass is 19.1. The van der Waals surface area contributed by atoms with E-state index < -0.39 is 0 Å². The minimum Gasteiger partial charge on any atom is -0.316 e. The van der Waals surface area contributed by atoms with Crippen LogP contribution in [0.15, 0.2) is 53.3 Å². The van der Waals surface area contributed by atoms with E-state index in [1.165, 1.54) is 17.2 Å². The normalized spacial score (nSPS) is 17.1. The Bertz CT molecular complexity index is 764. The van der Waals surface area contributed by atoms with Crippen LogP contribution < -0.4 is 10.6 Å². The largest absolute Gasteiger partial charge is 0.322 e. The fraction of sp³-hybridized carbons (Fsp3) is 0.350. The van der Waals surface area contributed by atoms with E-state index in [2.05, 4.69) is 29.7 Å². The molecule has 5 heteroatoms. The molecule has 1 heterocycles. The van der Waals surface area contributed by atoms with Gasteiger partial charge in [0.15, 0.2) is 0 Å². The maximum Gasteiger partial charge on any atom is 0.322 e. The van der Waals surface area contributed by atoms with E-state index >= 15 is 0 Å². The predicted octanol–water partition coefficient (Wildman–Crippen LogP) is 3.62. The number of halogens is 1. The number of carbonyl (C=O) groups is 1. The van der Waals surface area contributed by atoms with Gasteiger partial charge in [-0.05, 0) is 50.1 Å². The lowest BCUT2D eigenvalue weighted by molar-refractivity contribution is 0.200. The van der Waals surface area contributed by atoms with Crippen molar-refractivity contribution in [3.05, 3.63) is 70.2 Å². The Kier molecular flexibility index (Phi) is 5.34. The smallest absolute Gasteiger partial charge is 0.316 e. The van der Waals surface area contributed by atoms with Gasteiger partial charge >= 0.3 is 6.03 Å². The molecule has 3 rings (SSSR count). The summed E-state index contributed by atoms with van der Waals surface area (Å²) in [7, 11) is 1.93. The number of likely N-dealkylation sites (N-methyl/N-ethyl adjacent to an activating group) is 1. The van der Waals surface area contributed by atoms with E-state index in [0.29, 0.717) is 18.7 Å². The van der Waals surface area contributed by atoms with Crippen LogP contribution in [-0.4, -0.2) is 24.5 Å². The minimum atomic E-state index is -0.235. The maximum atomic E-state index is 13.8. The molecule has 0 fully saturated rings. The quantitative estimate of drug-likeness (QED) is 0.878. The first kappa shape index (κ1) is 17.4. The average molecular weight is 341 g/mol. The Morgan fingerprint density at radius 3 is 2.80 bits per heavy atom. The van der Waals surface area contributed by atoms with Crippen molar-refractivity contribution in [1.29, 1.82) is 0 Å². The van der Waals surface area contributed by atoms with Crippen molar-refractivity contribution in [2.75, 3.05) is 13.6 Å². The molecule has 2 amide bonds. The number of fused-ring (bicyclic) bond motifs is 1. The third kappa shape index (κ3) is 3.99. The summed E-state index contributed by atoms with van der Waals surface area (Å²) < 4.78 is 13.8. The molecule has 132 valence electrons. The van der Waals surface area contributed by atoms with Crippen molar-refractivity contribution in [2.45, 2.75) is 32.9 Å². The monoisotopic (exact) mass is 341 g/mol. The van der Waals surface area contributed by atoms with E-state index in [0.717, 1.165) is 30.6 Å². The zero-order valence-corrected chi connectivity index (χ0v) is 14.7. The van der Waals surface area contributed by atoms with E-state index in [4.69, 9.17) is 0 Å². The van der Waals surface area contributed by atoms with Crippen molar-refractivity contribution in [2.24, 2.45) is 0 Å². The first-order valence-electron chi connectivity index (χ1n) is 8.62. The van der Waals surface area contributed by atoms with E-state index in [-0.39, 0.29) is 11.8 Å². The van der Waals surface area contributed by atoms with Gasteiger partial charge in [0.1, 0.15) is 5.82 Å². The molecular weight excluding hydrogens is 317 g/mol. The Balaban J connectivity index is 1.61. The van der Waals surface area contributed by atoms with Gasteiger partial charge in [-0.1, -0.05) is 29.9 Å². The van der Waals surface area contributed by atoms with Crippen LogP contribution in [0.4, 0.5) is 9.18 Å². The van der Waals surface area contributed by atoms with Gasteiger partial charge in [-0.2, -0.15) is 0 Å². The number of nitrogens with one attached hydrogen (secondary N) is 2. The summed E-state index contributed by atoms with van der Waals surface area (Å²) in [4.78, 5) is 14.1. The highest BCUT2D eigenvalue weighted by Crippen LogP contribution is 2.26. The molecule has 1 aliphatic carbocycles. The number of nitrogens with zero attached hydrogens (tertiary/aromatic N) is 1. The molecule has 1 aliphatic heterocycles. The highest BCUT2D eigenvalue weighted by molar-refractivity contribution is 5.77. The van der Waals surface area contributed by atoms with Crippen LogP contribution in [0.5, 0.6) is 0 Å². The molecular formula is C20H24FN3O. The number of benzene rings is 1. The maximum absolute atomic E-state index is 13.8. The van der Waals surface area contributed by atoms with E-state index in [1.54, 1.807) is 11.0 Å². The second-order valence-electron chi connectivity index (χ2n) is 6.49. The Morgan fingerprint density at radius 1 is 1.28 bits per heavy atom. The lowest BCUT2D eigenvalue weighted by Gasteiger charge is -2.20. The molecule has 0 bridgehead atoms. The predicted molar refractivity (Wildman–Crippen MR) is 97.3 cm³/mol. The summed E-state index contributed by atoms with van der Waals surface area (Å²) in [5.74, 6) is -0.235. The van der Waals surface area contributed by atoms with Gasteiger partial charge in [0, 0.05) is 24.4 Å². The van der Waals surface area contributed by atoms with Crippen LogP contribution in [0.2, 0.25) is 0 Å². The summed E-state index contributed by atoms with van der Waals surface area (Å²) in [6, 6.07) is 4.84. The number of allylic oxidation sites excluding steroid dienone is 5. The number of amides is 2. The molecule has 1 aromatic carbocycles. The average Bonchev–Trinajstić information content (AvgIpc) is 3.06. The minimum absolute atomic E-state index is 0.166. The standard InChI is InChI=1S/C20H24FN3O/c1-14(10-11-22-2)15-6-8-17(9-7-15)23-20(25)24-12-16-4-3-5-19(21)18(16)13-24/h3-6,8,10,22H,7,9,11-13H2,1-2H3,(H,23,25)/b14-10+. The molecule has 2 aliphatic rings. The zero-order valence-electron chi connectivity index (χ0n) is 14.7. The molecule has 0 spiro atoms. The molecule has 25 heavy (non-hydrogen) atoms. The first-order chi connectivity index (χ1) is 12.1. The van der Waals surface area contributed by atoms with Gasteiger partial charge in [0.25, 0.3) is 0 Å². The van der Waals surface area contributed by atoms with Crippen LogP contribution in [0, 0.1) is 5.82 Å². The van der Waals surface area contributed by atoms with Crippen LogP contribution in [0.25, 0.3) is 0 Å². The third-order valence-electron chi connectivity index (χ3n) is 4.75. The first-order valence-corrected chi connectivity index (χ1v) is 8.62. The molecule has 1 aromatic rings. The Hall–Kier alpha value is -2.40. The SMILES string of the molecule is CNC/C=C(\C)C1=CC=C(NC(=O)N2Cc3cccc(F)c3C2)CC1. The summed E-state index contributed by atoms with van der Waals surface area (Å²) in [6.07, 6.45) is 7.92. The number of hydrogen-bond acceptors (Lipinski definition) is 2. The number of carbonyl (C=O) groups excluding carboxylic acids is 1. The van der Waals surface area contributed by atoms with Crippen molar-refractivity contribution in [3.8, 4) is 0 Å². The lowest BCUT2D eigenvalue weighted by atomic mass is 9.96. The zero-order chi connectivity index (χ0) is 17.8. The molecule has 0 atom stereocenters. The van der Waals surface area contributed by atoms with Crippen LogP contribution in [-0.2, 0) is 13.1 Å². The molecule has 0 unspecified atom stereocenters. The Labute approximate surface area is 148 Å². The van der Waals surface area contributed by atoms with Gasteiger partial charge < -0.3 is 15.5 Å². The van der Waals surface area contributed by atoms with Crippen LogP contribution >= 0.6 is 0 Å². The highest BCUT2D eigenvalue weighted by Gasteiger charge is 2.26. The molecule has 0 radical (unpaired) electrons. The van der Waals surface area contributed by atoms with Gasteiger partial charge in [-0.25, -0.2) is 9.18 Å². The summed E-state index contributed by atoms with van der Waals surface area (Å²) in [6.45, 7) is 3.74. The van der Waals surface area contributed by atoms with Gasteiger partial charge in [-0.15, -0.1) is 0 Å². The molecule has 0 saturated carbocycles. The van der Waals surface area contributed by atoms with Crippen LogP contribution in [0.1, 0.15) is 30.9 Å². The van der Waals surface area contributed by atoms with Crippen molar-refractivity contribution >= 4 is 6.03 Å². The van der Waals surface area contributed by atoms with Crippen molar-refractivity contribution < 1.29 is 9.18 Å². The summed E-state index contributed by atoms with van der Waals surface area (Å²) in [5.41, 5.74) is 4.99. The van der Waals surface area contributed by atoms with Crippen LogP contribution in [0.3, 0.4) is 0 Å². The summed E-state index contributed by atoms with van der Waals surface area (Å²) >= 11 is 0. The second-order valence-corrected chi connectivity index (χ2v) is 6.49. The molecule has 2 N–H and O–H groups in total.